The van der Waals surface area contributed by atoms with Crippen LogP contribution in [0.1, 0.15) is 12.5 Å². The summed E-state index contributed by atoms with van der Waals surface area (Å²) in [5, 5.41) is 2.16. The molecule has 50 valence electrons. The van der Waals surface area contributed by atoms with Crippen LogP contribution in [0, 0.1) is 0 Å². The van der Waals surface area contributed by atoms with Crippen LogP contribution in [0.25, 0.3) is 0 Å². The number of rotatable bonds is 2. The summed E-state index contributed by atoms with van der Waals surface area (Å²) in [5.41, 5.74) is 1.49. The predicted octanol–water partition coefficient (Wildman–Crippen LogP) is 3.03. The first-order valence-electron chi connectivity index (χ1n) is 2.98. The minimum Gasteiger partial charge on any atom is -0.137 e. The smallest absolute Gasteiger partial charge is 0.0627 e. The van der Waals surface area contributed by atoms with Gasteiger partial charge in [-0.05, 0) is 29.7 Å². The van der Waals surface area contributed by atoms with Crippen molar-refractivity contribution in [1.82, 2.24) is 0 Å². The molecule has 0 fully saturated rings. The minimum atomic E-state index is 1.17. The molecule has 0 N–H and O–H groups in total. The van der Waals surface area contributed by atoms with Crippen molar-refractivity contribution in [2.45, 2.75) is 17.6 Å². The Morgan fingerprint density at radius 1 is 1.67 bits per heavy atom. The second-order valence-electron chi connectivity index (χ2n) is 1.79. The van der Waals surface area contributed by atoms with Gasteiger partial charge in [0.25, 0.3) is 0 Å². The van der Waals surface area contributed by atoms with Crippen molar-refractivity contribution in [3.63, 3.8) is 0 Å². The van der Waals surface area contributed by atoms with Crippen LogP contribution in [0.2, 0.25) is 0 Å². The van der Waals surface area contributed by atoms with Crippen molar-refractivity contribution in [3.05, 3.63) is 17.0 Å². The van der Waals surface area contributed by atoms with Gasteiger partial charge >= 0.3 is 0 Å². The first-order valence-corrected chi connectivity index (χ1v) is 5.09. The van der Waals surface area contributed by atoms with Crippen LogP contribution in [-0.4, -0.2) is 6.26 Å². The van der Waals surface area contributed by atoms with Crippen LogP contribution < -0.4 is 0 Å². The van der Waals surface area contributed by atoms with E-state index in [1.165, 1.54) is 16.2 Å². The van der Waals surface area contributed by atoms with Crippen LogP contribution in [0.3, 0.4) is 0 Å². The van der Waals surface area contributed by atoms with E-state index in [0.29, 0.717) is 0 Å². The van der Waals surface area contributed by atoms with Crippen molar-refractivity contribution in [2.24, 2.45) is 0 Å². The summed E-state index contributed by atoms with van der Waals surface area (Å²) in [6.45, 7) is 2.20. The van der Waals surface area contributed by atoms with E-state index in [2.05, 4.69) is 24.6 Å². The highest BCUT2D eigenvalue weighted by molar-refractivity contribution is 8.00. The minimum absolute atomic E-state index is 1.17. The summed E-state index contributed by atoms with van der Waals surface area (Å²) in [7, 11) is 0. The van der Waals surface area contributed by atoms with Gasteiger partial charge in [-0.1, -0.05) is 6.92 Å². The lowest BCUT2D eigenvalue weighted by molar-refractivity contribution is 1.12. The number of hydrogen-bond donors (Lipinski definition) is 0. The van der Waals surface area contributed by atoms with Crippen LogP contribution >= 0.6 is 23.1 Å². The standard InChI is InChI=1S/C7H10S2/c1-3-6-4-5-9-7(6)8-2/h4-5H,3H2,1-2H3. The van der Waals surface area contributed by atoms with Gasteiger partial charge in [-0.3, -0.25) is 0 Å². The molecule has 9 heavy (non-hydrogen) atoms. The second-order valence-corrected chi connectivity index (χ2v) is 3.78. The lowest BCUT2D eigenvalue weighted by atomic mass is 10.3. The number of hydrogen-bond acceptors (Lipinski definition) is 2. The summed E-state index contributed by atoms with van der Waals surface area (Å²) < 4.78 is 1.47. The van der Waals surface area contributed by atoms with Crippen molar-refractivity contribution >= 4 is 23.1 Å². The first-order chi connectivity index (χ1) is 4.38. The molecular weight excluding hydrogens is 148 g/mol. The van der Waals surface area contributed by atoms with E-state index in [0.717, 1.165) is 0 Å². The average molecular weight is 158 g/mol. The zero-order valence-corrected chi connectivity index (χ0v) is 7.31. The van der Waals surface area contributed by atoms with Gasteiger partial charge in [0.2, 0.25) is 0 Å². The molecule has 0 bridgehead atoms. The molecule has 1 aromatic rings. The maximum atomic E-state index is 2.20. The van der Waals surface area contributed by atoms with E-state index in [1.807, 2.05) is 23.1 Å². The van der Waals surface area contributed by atoms with Gasteiger partial charge in [-0.2, -0.15) is 0 Å². The number of aryl methyl sites for hydroxylation is 1. The Hall–Kier alpha value is 0.0500. The summed E-state index contributed by atoms with van der Waals surface area (Å²) in [6.07, 6.45) is 3.30. The average Bonchev–Trinajstić information content (AvgIpc) is 2.33. The Bertz CT molecular complexity index is 160. The van der Waals surface area contributed by atoms with Crippen molar-refractivity contribution in [3.8, 4) is 0 Å². The van der Waals surface area contributed by atoms with Gasteiger partial charge in [0.1, 0.15) is 0 Å². The molecule has 0 radical (unpaired) electrons. The van der Waals surface area contributed by atoms with Gasteiger partial charge in [-0.25, -0.2) is 0 Å². The Morgan fingerprint density at radius 2 is 2.44 bits per heavy atom. The molecule has 0 nitrogen and oxygen atoms in total. The highest BCUT2D eigenvalue weighted by atomic mass is 32.2. The Labute approximate surface area is 64.3 Å². The van der Waals surface area contributed by atoms with Crippen LogP contribution in [0.4, 0.5) is 0 Å². The van der Waals surface area contributed by atoms with E-state index >= 15 is 0 Å². The van der Waals surface area contributed by atoms with Gasteiger partial charge in [0, 0.05) is 0 Å². The fourth-order valence-corrected chi connectivity index (χ4v) is 2.51. The van der Waals surface area contributed by atoms with E-state index in [1.54, 1.807) is 0 Å². The molecule has 1 heterocycles. The van der Waals surface area contributed by atoms with E-state index in [9.17, 15) is 0 Å². The molecule has 0 spiro atoms. The van der Waals surface area contributed by atoms with Crippen LogP contribution in [0.5, 0.6) is 0 Å². The molecule has 0 aromatic carbocycles. The largest absolute Gasteiger partial charge is 0.137 e. The Balaban J connectivity index is 2.85. The maximum Gasteiger partial charge on any atom is 0.0627 e. The molecule has 2 heteroatoms. The summed E-state index contributed by atoms with van der Waals surface area (Å²) in [4.78, 5) is 0. The van der Waals surface area contributed by atoms with Gasteiger partial charge in [0.15, 0.2) is 0 Å². The van der Waals surface area contributed by atoms with Gasteiger partial charge in [0.05, 0.1) is 4.21 Å². The third-order valence-electron chi connectivity index (χ3n) is 1.27. The fourth-order valence-electron chi connectivity index (χ4n) is 0.763. The third-order valence-corrected chi connectivity index (χ3v) is 3.44. The van der Waals surface area contributed by atoms with Gasteiger partial charge < -0.3 is 0 Å². The van der Waals surface area contributed by atoms with Crippen LogP contribution in [-0.2, 0) is 6.42 Å². The number of thiophene rings is 1. The van der Waals surface area contributed by atoms with E-state index in [4.69, 9.17) is 0 Å². The topological polar surface area (TPSA) is 0 Å². The first kappa shape index (κ1) is 7.16. The summed E-state index contributed by atoms with van der Waals surface area (Å²) in [5.74, 6) is 0. The zero-order valence-electron chi connectivity index (χ0n) is 5.68. The van der Waals surface area contributed by atoms with E-state index in [-0.39, 0.29) is 0 Å². The lowest BCUT2D eigenvalue weighted by Gasteiger charge is -1.92. The van der Waals surface area contributed by atoms with Crippen LogP contribution in [0.15, 0.2) is 15.7 Å². The SMILES string of the molecule is CCc1ccsc1SC. The molecule has 0 saturated carbocycles. The molecule has 1 aromatic heterocycles. The monoisotopic (exact) mass is 158 g/mol. The molecule has 0 aliphatic rings. The molecule has 0 amide bonds. The molecule has 0 aliphatic carbocycles. The third kappa shape index (κ3) is 1.49. The molecule has 0 aliphatic heterocycles. The van der Waals surface area contributed by atoms with E-state index < -0.39 is 0 Å². The Morgan fingerprint density at radius 3 is 2.89 bits per heavy atom. The number of thioether (sulfide) groups is 1. The predicted molar refractivity (Wildman–Crippen MR) is 45.5 cm³/mol. The normalized spacial score (nSPS) is 10.0. The Kier molecular flexibility index (Phi) is 2.61. The van der Waals surface area contributed by atoms with Crippen molar-refractivity contribution in [1.29, 1.82) is 0 Å². The quantitative estimate of drug-likeness (QED) is 0.596. The summed E-state index contributed by atoms with van der Waals surface area (Å²) >= 11 is 3.68. The van der Waals surface area contributed by atoms with Gasteiger partial charge in [-0.15, -0.1) is 23.1 Å². The second kappa shape index (κ2) is 3.28. The molecule has 1 rings (SSSR count). The molecule has 0 unspecified atom stereocenters. The lowest BCUT2D eigenvalue weighted by Crippen LogP contribution is -1.73. The zero-order chi connectivity index (χ0) is 6.69. The van der Waals surface area contributed by atoms with Crippen molar-refractivity contribution in [2.75, 3.05) is 6.26 Å². The highest BCUT2D eigenvalue weighted by Crippen LogP contribution is 2.26. The molecular formula is C7H10S2. The molecule has 0 saturated heterocycles. The van der Waals surface area contributed by atoms with Crippen molar-refractivity contribution < 1.29 is 0 Å². The molecule has 0 atom stereocenters. The highest BCUT2D eigenvalue weighted by Gasteiger charge is 1.97. The maximum absolute atomic E-state index is 2.20. The summed E-state index contributed by atoms with van der Waals surface area (Å²) in [6, 6.07) is 2.20. The fraction of sp³-hybridized carbons (Fsp3) is 0.429.